The zero-order valence-electron chi connectivity index (χ0n) is 16.2. The van der Waals surface area contributed by atoms with Crippen LogP contribution in [0.5, 0.6) is 5.75 Å². The summed E-state index contributed by atoms with van der Waals surface area (Å²) in [5, 5.41) is 12.5. The molecule has 1 N–H and O–H groups in total. The number of hydrogen-bond donors (Lipinski definition) is 1. The molecule has 0 unspecified atom stereocenters. The minimum atomic E-state index is -0.365. The molecule has 3 aromatic carbocycles. The number of carbonyl (C=O) groups is 1. The van der Waals surface area contributed by atoms with Crippen molar-refractivity contribution in [3.05, 3.63) is 88.7 Å². The summed E-state index contributed by atoms with van der Waals surface area (Å²) < 4.78 is 20.6. The Kier molecular flexibility index (Phi) is 6.18. The number of halogens is 2. The molecule has 0 saturated carbocycles. The smallest absolute Gasteiger partial charge is 0.261 e. The molecule has 0 fully saturated rings. The number of amides is 1. The number of para-hydroxylation sites is 1. The minimum Gasteiger partial charge on any atom is -0.488 e. The lowest BCUT2D eigenvalue weighted by atomic mass is 10.2. The van der Waals surface area contributed by atoms with Gasteiger partial charge in [-0.15, -0.1) is 5.10 Å². The molecule has 0 saturated heterocycles. The fourth-order valence-electron chi connectivity index (χ4n) is 2.92. The number of carbonyl (C=O) groups excluding carboxylic acids is 1. The zero-order chi connectivity index (χ0) is 21.6. The van der Waals surface area contributed by atoms with Gasteiger partial charge in [0.1, 0.15) is 30.2 Å². The van der Waals surface area contributed by atoms with Crippen LogP contribution in [0.3, 0.4) is 0 Å². The quantitative estimate of drug-likeness (QED) is 0.350. The van der Waals surface area contributed by atoms with Gasteiger partial charge >= 0.3 is 0 Å². The Bertz CT molecular complexity index is 1260. The van der Waals surface area contributed by atoms with E-state index in [0.717, 1.165) is 5.52 Å². The van der Waals surface area contributed by atoms with Crippen molar-refractivity contribution in [2.75, 3.05) is 0 Å². The van der Waals surface area contributed by atoms with Gasteiger partial charge in [-0.3, -0.25) is 4.79 Å². The summed E-state index contributed by atoms with van der Waals surface area (Å²) in [4.78, 5) is 12.2. The molecular weight excluding hydrogens is 421 g/mol. The van der Waals surface area contributed by atoms with Crippen molar-refractivity contribution in [3.8, 4) is 5.75 Å². The molecule has 4 rings (SSSR count). The van der Waals surface area contributed by atoms with Gasteiger partial charge in [0.2, 0.25) is 0 Å². The van der Waals surface area contributed by atoms with Gasteiger partial charge in [-0.05, 0) is 48.0 Å². The van der Waals surface area contributed by atoms with E-state index in [9.17, 15) is 9.18 Å². The Balaban J connectivity index is 1.41. The summed E-state index contributed by atoms with van der Waals surface area (Å²) in [6.07, 6.45) is 1.43. The third-order valence-corrected chi connectivity index (χ3v) is 4.60. The maximum absolute atomic E-state index is 13.3. The first-order valence-electron chi connectivity index (χ1n) is 9.35. The van der Waals surface area contributed by atoms with Crippen LogP contribution in [0.15, 0.2) is 71.8 Å². The molecule has 0 spiro atoms. The van der Waals surface area contributed by atoms with E-state index in [-0.39, 0.29) is 24.9 Å². The van der Waals surface area contributed by atoms with Gasteiger partial charge in [0, 0.05) is 10.6 Å². The van der Waals surface area contributed by atoms with Crippen molar-refractivity contribution in [2.24, 2.45) is 5.10 Å². The van der Waals surface area contributed by atoms with Gasteiger partial charge in [0.25, 0.3) is 5.91 Å². The van der Waals surface area contributed by atoms with Crippen LogP contribution in [-0.4, -0.2) is 27.1 Å². The molecule has 1 amide bonds. The van der Waals surface area contributed by atoms with E-state index in [2.05, 4.69) is 20.8 Å². The van der Waals surface area contributed by atoms with Crippen LogP contribution < -0.4 is 10.2 Å². The van der Waals surface area contributed by atoms with Crippen molar-refractivity contribution in [1.29, 1.82) is 0 Å². The van der Waals surface area contributed by atoms with Gasteiger partial charge in [-0.25, -0.2) is 14.5 Å². The number of rotatable bonds is 7. The van der Waals surface area contributed by atoms with E-state index in [1.165, 1.54) is 23.0 Å². The highest BCUT2D eigenvalue weighted by Gasteiger charge is 2.08. The van der Waals surface area contributed by atoms with E-state index in [4.69, 9.17) is 16.3 Å². The summed E-state index contributed by atoms with van der Waals surface area (Å²) in [5.41, 5.74) is 5.17. The highest BCUT2D eigenvalue weighted by atomic mass is 35.5. The molecule has 1 heterocycles. The van der Waals surface area contributed by atoms with E-state index < -0.39 is 0 Å². The summed E-state index contributed by atoms with van der Waals surface area (Å²) in [5.74, 6) is -0.202. The first-order valence-corrected chi connectivity index (χ1v) is 9.73. The fourth-order valence-corrected chi connectivity index (χ4v) is 3.10. The lowest BCUT2D eigenvalue weighted by molar-refractivity contribution is -0.121. The number of benzene rings is 3. The Labute approximate surface area is 182 Å². The predicted octanol–water partition coefficient (Wildman–Crippen LogP) is 3.95. The molecule has 4 aromatic rings. The van der Waals surface area contributed by atoms with Gasteiger partial charge in [-0.1, -0.05) is 41.1 Å². The number of ether oxygens (including phenoxy) is 1. The normalized spacial score (nSPS) is 11.2. The standard InChI is InChI=1S/C22H17ClFN5O2/c23-17-8-9-21(31-14-15-4-3-5-18(24)10-15)16(11-17)12-25-27-22(30)13-29-20-7-2-1-6-19(20)26-28-29/h1-12H,13-14H2,(H,27,30). The van der Waals surface area contributed by atoms with Crippen LogP contribution in [0.4, 0.5) is 4.39 Å². The Morgan fingerprint density at radius 3 is 2.90 bits per heavy atom. The van der Waals surface area contributed by atoms with Crippen molar-refractivity contribution in [2.45, 2.75) is 13.2 Å². The molecule has 0 aliphatic carbocycles. The molecule has 7 nitrogen and oxygen atoms in total. The van der Waals surface area contributed by atoms with E-state index >= 15 is 0 Å². The Morgan fingerprint density at radius 2 is 2.03 bits per heavy atom. The molecule has 31 heavy (non-hydrogen) atoms. The highest BCUT2D eigenvalue weighted by Crippen LogP contribution is 2.22. The van der Waals surface area contributed by atoms with Crippen molar-refractivity contribution in [3.63, 3.8) is 0 Å². The van der Waals surface area contributed by atoms with Crippen LogP contribution in [0.1, 0.15) is 11.1 Å². The van der Waals surface area contributed by atoms with Crippen LogP contribution in [0.2, 0.25) is 5.02 Å². The summed E-state index contributed by atoms with van der Waals surface area (Å²) >= 11 is 6.07. The maximum atomic E-state index is 13.3. The second-order valence-electron chi connectivity index (χ2n) is 6.63. The molecule has 9 heteroatoms. The molecule has 156 valence electrons. The van der Waals surface area contributed by atoms with Crippen molar-refractivity contribution in [1.82, 2.24) is 20.4 Å². The van der Waals surface area contributed by atoms with Gasteiger partial charge in [-0.2, -0.15) is 5.10 Å². The summed E-state index contributed by atoms with van der Waals surface area (Å²) in [6.45, 7) is 0.141. The molecule has 0 atom stereocenters. The third kappa shape index (κ3) is 5.23. The third-order valence-electron chi connectivity index (χ3n) is 4.36. The highest BCUT2D eigenvalue weighted by molar-refractivity contribution is 6.30. The zero-order valence-corrected chi connectivity index (χ0v) is 17.0. The lowest BCUT2D eigenvalue weighted by Gasteiger charge is -2.10. The average molecular weight is 438 g/mol. The molecule has 0 aliphatic rings. The number of hydrogen-bond acceptors (Lipinski definition) is 5. The molecule has 0 aliphatic heterocycles. The van der Waals surface area contributed by atoms with E-state index in [1.54, 1.807) is 30.3 Å². The number of hydrazone groups is 1. The first-order chi connectivity index (χ1) is 15.1. The van der Waals surface area contributed by atoms with E-state index in [0.29, 0.717) is 27.4 Å². The number of nitrogens with one attached hydrogen (secondary N) is 1. The summed E-state index contributed by atoms with van der Waals surface area (Å²) in [6, 6.07) is 18.5. The van der Waals surface area contributed by atoms with Crippen molar-refractivity contribution >= 4 is 34.8 Å². The average Bonchev–Trinajstić information content (AvgIpc) is 3.16. The largest absolute Gasteiger partial charge is 0.488 e. The topological polar surface area (TPSA) is 81.4 Å². The number of fused-ring (bicyclic) bond motifs is 1. The maximum Gasteiger partial charge on any atom is 0.261 e. The van der Waals surface area contributed by atoms with Crippen LogP contribution in [0, 0.1) is 5.82 Å². The lowest BCUT2D eigenvalue weighted by Crippen LogP contribution is -2.23. The Hall–Kier alpha value is -3.78. The molecular formula is C22H17ClFN5O2. The van der Waals surface area contributed by atoms with Crippen molar-refractivity contribution < 1.29 is 13.9 Å². The molecule has 0 radical (unpaired) electrons. The SMILES string of the molecule is O=C(Cn1nnc2ccccc21)NN=Cc1cc(Cl)ccc1OCc1cccc(F)c1. The first kappa shape index (κ1) is 20.5. The minimum absolute atomic E-state index is 0.0314. The monoisotopic (exact) mass is 437 g/mol. The number of aromatic nitrogens is 3. The van der Waals surface area contributed by atoms with Crippen LogP contribution in [0.25, 0.3) is 11.0 Å². The van der Waals surface area contributed by atoms with E-state index in [1.807, 2.05) is 24.3 Å². The van der Waals surface area contributed by atoms with Gasteiger partial charge in [0.15, 0.2) is 0 Å². The molecule has 0 bridgehead atoms. The van der Waals surface area contributed by atoms with Crippen LogP contribution >= 0.6 is 11.6 Å². The number of nitrogens with zero attached hydrogens (tertiary/aromatic N) is 4. The summed E-state index contributed by atoms with van der Waals surface area (Å²) in [7, 11) is 0. The van der Waals surface area contributed by atoms with Gasteiger partial charge in [0.05, 0.1) is 11.7 Å². The second-order valence-corrected chi connectivity index (χ2v) is 7.07. The van der Waals surface area contributed by atoms with Gasteiger partial charge < -0.3 is 4.74 Å². The predicted molar refractivity (Wildman–Crippen MR) is 115 cm³/mol. The fraction of sp³-hybridized carbons (Fsp3) is 0.0909. The Morgan fingerprint density at radius 1 is 1.16 bits per heavy atom. The molecule has 1 aromatic heterocycles. The van der Waals surface area contributed by atoms with Crippen LogP contribution in [-0.2, 0) is 17.9 Å². The second kappa shape index (κ2) is 9.36.